The fourth-order valence-electron chi connectivity index (χ4n) is 1.44. The van der Waals surface area contributed by atoms with E-state index in [0.717, 1.165) is 5.69 Å². The fraction of sp³-hybridized carbons (Fsp3) is 0.417. The summed E-state index contributed by atoms with van der Waals surface area (Å²) in [5.41, 5.74) is 0.763. The van der Waals surface area contributed by atoms with E-state index in [2.05, 4.69) is 20.5 Å². The van der Waals surface area contributed by atoms with Crippen LogP contribution in [0.15, 0.2) is 28.0 Å². The summed E-state index contributed by atoms with van der Waals surface area (Å²) in [6.07, 6.45) is 1.78. The molecule has 1 amide bonds. The van der Waals surface area contributed by atoms with Crippen LogP contribution in [0, 0.1) is 0 Å². The first kappa shape index (κ1) is 13.7. The lowest BCUT2D eigenvalue weighted by Crippen LogP contribution is -2.35. The largest absolute Gasteiger partial charge is 0.410 e. The number of amides is 1. The number of carbonyl (C=O) groups is 1. The van der Waals surface area contributed by atoms with E-state index in [0.29, 0.717) is 11.1 Å². The van der Waals surface area contributed by atoms with Gasteiger partial charge in [0.25, 0.3) is 11.1 Å². The Hall–Kier alpha value is -1.76. The van der Waals surface area contributed by atoms with E-state index in [1.165, 1.54) is 11.8 Å². The second-order valence-corrected chi connectivity index (χ2v) is 5.67. The van der Waals surface area contributed by atoms with Crippen molar-refractivity contribution in [3.05, 3.63) is 18.3 Å². The van der Waals surface area contributed by atoms with Gasteiger partial charge in [-0.2, -0.15) is 0 Å². The lowest BCUT2D eigenvalue weighted by atomic mass is 10.3. The van der Waals surface area contributed by atoms with Crippen LogP contribution < -0.4 is 5.32 Å². The highest BCUT2D eigenvalue weighted by Crippen LogP contribution is 2.25. The molecule has 0 aliphatic rings. The molecular weight excluding hydrogens is 264 g/mol. The van der Waals surface area contributed by atoms with Crippen molar-refractivity contribution in [2.24, 2.45) is 0 Å². The number of nitrogens with zero attached hydrogens (tertiary/aromatic N) is 2. The van der Waals surface area contributed by atoms with Gasteiger partial charge in [-0.15, -0.1) is 10.2 Å². The van der Waals surface area contributed by atoms with Crippen molar-refractivity contribution >= 4 is 17.7 Å². The molecule has 1 atom stereocenters. The fourth-order valence-corrected chi connectivity index (χ4v) is 2.13. The summed E-state index contributed by atoms with van der Waals surface area (Å²) in [7, 11) is 0. The maximum atomic E-state index is 11.8. The van der Waals surface area contributed by atoms with Gasteiger partial charge in [0.2, 0.25) is 5.91 Å². The van der Waals surface area contributed by atoms with Crippen LogP contribution in [-0.2, 0) is 4.79 Å². The minimum Gasteiger partial charge on any atom is -0.410 e. The predicted molar refractivity (Wildman–Crippen MR) is 72.7 cm³/mol. The van der Waals surface area contributed by atoms with Crippen molar-refractivity contribution in [1.82, 2.24) is 20.5 Å². The molecule has 1 unspecified atom stereocenters. The highest BCUT2D eigenvalue weighted by molar-refractivity contribution is 8.00. The SMILES string of the molecule is CC(C)NC(=O)C(C)Sc1nnc(-c2ccc[nH]2)o1. The molecule has 2 N–H and O–H groups in total. The van der Waals surface area contributed by atoms with Crippen LogP contribution in [0.4, 0.5) is 0 Å². The molecule has 0 bridgehead atoms. The number of thioether (sulfide) groups is 1. The molecule has 2 aromatic rings. The van der Waals surface area contributed by atoms with Gasteiger partial charge in [-0.1, -0.05) is 11.8 Å². The number of nitrogens with one attached hydrogen (secondary N) is 2. The summed E-state index contributed by atoms with van der Waals surface area (Å²) in [6, 6.07) is 3.81. The predicted octanol–water partition coefficient (Wildman–Crippen LogP) is 2.07. The number of aromatic amines is 1. The number of carbonyl (C=O) groups excluding carboxylic acids is 1. The number of H-pyrrole nitrogens is 1. The zero-order valence-electron chi connectivity index (χ0n) is 11.0. The quantitative estimate of drug-likeness (QED) is 0.819. The van der Waals surface area contributed by atoms with Crippen LogP contribution in [0.1, 0.15) is 20.8 Å². The van der Waals surface area contributed by atoms with Crippen LogP contribution >= 0.6 is 11.8 Å². The molecule has 0 spiro atoms. The van der Waals surface area contributed by atoms with Gasteiger partial charge < -0.3 is 14.7 Å². The van der Waals surface area contributed by atoms with Crippen LogP contribution in [0.2, 0.25) is 0 Å². The first-order chi connectivity index (χ1) is 9.06. The molecule has 2 rings (SSSR count). The van der Waals surface area contributed by atoms with Crippen molar-refractivity contribution < 1.29 is 9.21 Å². The Morgan fingerprint density at radius 1 is 1.42 bits per heavy atom. The molecule has 102 valence electrons. The number of rotatable bonds is 5. The highest BCUT2D eigenvalue weighted by Gasteiger charge is 2.19. The Morgan fingerprint density at radius 3 is 2.84 bits per heavy atom. The average molecular weight is 280 g/mol. The molecule has 0 aliphatic heterocycles. The number of aromatic nitrogens is 3. The topological polar surface area (TPSA) is 83.8 Å². The van der Waals surface area contributed by atoms with Crippen LogP contribution in [0.5, 0.6) is 0 Å². The van der Waals surface area contributed by atoms with Gasteiger partial charge in [0.15, 0.2) is 0 Å². The minimum atomic E-state index is -0.278. The number of hydrogen-bond donors (Lipinski definition) is 2. The van der Waals surface area contributed by atoms with Gasteiger partial charge in [-0.25, -0.2) is 0 Å². The summed E-state index contributed by atoms with van der Waals surface area (Å²) in [4.78, 5) is 14.7. The van der Waals surface area contributed by atoms with Crippen molar-refractivity contribution in [2.75, 3.05) is 0 Å². The van der Waals surface area contributed by atoms with E-state index in [1.54, 1.807) is 13.1 Å². The Balaban J connectivity index is 1.98. The van der Waals surface area contributed by atoms with Gasteiger partial charge in [-0.05, 0) is 32.9 Å². The van der Waals surface area contributed by atoms with Crippen LogP contribution in [0.3, 0.4) is 0 Å². The smallest absolute Gasteiger partial charge is 0.277 e. The minimum absolute atomic E-state index is 0.0420. The third-order valence-electron chi connectivity index (χ3n) is 2.31. The summed E-state index contributed by atoms with van der Waals surface area (Å²) in [5, 5.41) is 10.8. The first-order valence-corrected chi connectivity index (χ1v) is 6.88. The molecule has 0 saturated carbocycles. The Kier molecular flexibility index (Phi) is 4.26. The maximum absolute atomic E-state index is 11.8. The Morgan fingerprint density at radius 2 is 2.21 bits per heavy atom. The van der Waals surface area contributed by atoms with Crippen molar-refractivity contribution in [3.63, 3.8) is 0 Å². The molecule has 2 heterocycles. The molecule has 6 nitrogen and oxygen atoms in total. The lowest BCUT2D eigenvalue weighted by molar-refractivity contribution is -0.120. The molecular formula is C12H16N4O2S. The summed E-state index contributed by atoms with van der Waals surface area (Å²) in [6.45, 7) is 5.65. The Bertz CT molecular complexity index is 536. The van der Waals surface area contributed by atoms with Gasteiger partial charge in [-0.3, -0.25) is 4.79 Å². The number of hydrogen-bond acceptors (Lipinski definition) is 5. The second kappa shape index (κ2) is 5.92. The molecule has 0 aromatic carbocycles. The highest BCUT2D eigenvalue weighted by atomic mass is 32.2. The van der Waals surface area contributed by atoms with Crippen molar-refractivity contribution in [3.8, 4) is 11.6 Å². The van der Waals surface area contributed by atoms with Gasteiger partial charge >= 0.3 is 0 Å². The molecule has 19 heavy (non-hydrogen) atoms. The van der Waals surface area contributed by atoms with E-state index >= 15 is 0 Å². The van der Waals surface area contributed by atoms with E-state index < -0.39 is 0 Å². The van der Waals surface area contributed by atoms with Crippen LogP contribution in [-0.4, -0.2) is 32.4 Å². The second-order valence-electron chi connectivity index (χ2n) is 4.38. The standard InChI is InChI=1S/C12H16N4O2S/c1-7(2)14-10(17)8(3)19-12-16-15-11(18-12)9-5-4-6-13-9/h4-8,13H,1-3H3,(H,14,17). The van der Waals surface area contributed by atoms with E-state index in [-0.39, 0.29) is 17.2 Å². The summed E-state index contributed by atoms with van der Waals surface area (Å²) in [5.74, 6) is 0.378. The third kappa shape index (κ3) is 3.60. The van der Waals surface area contributed by atoms with Crippen LogP contribution in [0.25, 0.3) is 11.6 Å². The van der Waals surface area contributed by atoms with Crippen molar-refractivity contribution in [1.29, 1.82) is 0 Å². The molecule has 2 aromatic heterocycles. The first-order valence-electron chi connectivity index (χ1n) is 6.00. The third-order valence-corrected chi connectivity index (χ3v) is 3.25. The molecule has 7 heteroatoms. The summed E-state index contributed by atoms with van der Waals surface area (Å²) < 4.78 is 5.48. The molecule has 0 radical (unpaired) electrons. The molecule has 0 saturated heterocycles. The van der Waals surface area contributed by atoms with Gasteiger partial charge in [0, 0.05) is 12.2 Å². The van der Waals surface area contributed by atoms with E-state index in [9.17, 15) is 4.79 Å². The normalized spacial score (nSPS) is 12.6. The van der Waals surface area contributed by atoms with Gasteiger partial charge in [0.05, 0.1) is 5.25 Å². The van der Waals surface area contributed by atoms with E-state index in [1.807, 2.05) is 26.0 Å². The monoisotopic (exact) mass is 280 g/mol. The zero-order valence-corrected chi connectivity index (χ0v) is 11.8. The van der Waals surface area contributed by atoms with Gasteiger partial charge in [0.1, 0.15) is 5.69 Å². The zero-order chi connectivity index (χ0) is 13.8. The van der Waals surface area contributed by atoms with E-state index in [4.69, 9.17) is 4.42 Å². The Labute approximate surface area is 115 Å². The molecule has 0 fully saturated rings. The summed E-state index contributed by atoms with van der Waals surface area (Å²) >= 11 is 1.25. The molecule has 0 aliphatic carbocycles. The lowest BCUT2D eigenvalue weighted by Gasteiger charge is -2.12. The van der Waals surface area contributed by atoms with Crippen molar-refractivity contribution in [2.45, 2.75) is 37.3 Å². The average Bonchev–Trinajstić information content (AvgIpc) is 2.96. The maximum Gasteiger partial charge on any atom is 0.277 e.